The molecule has 76 heavy (non-hydrogen) atoms. The predicted molar refractivity (Wildman–Crippen MR) is 276 cm³/mol. The van der Waals surface area contributed by atoms with Gasteiger partial charge < -0.3 is 63.1 Å². The van der Waals surface area contributed by atoms with Gasteiger partial charge in [-0.25, -0.2) is 0 Å². The maximum Gasteiger partial charge on any atom is 0.308 e. The van der Waals surface area contributed by atoms with Crippen molar-refractivity contribution in [3.63, 3.8) is 0 Å². The molecule has 2 aromatic rings. The number of ether oxygens (including phenoxy) is 9. The Labute approximate surface area is 447 Å². The van der Waals surface area contributed by atoms with Crippen molar-refractivity contribution in [3.05, 3.63) is 75.6 Å². The summed E-state index contributed by atoms with van der Waals surface area (Å²) in [6, 6.07) is 5.46. The molecule has 22 nitrogen and oxygen atoms in total. The maximum atomic E-state index is 14.1. The van der Waals surface area contributed by atoms with Crippen LogP contribution in [0.25, 0.3) is 0 Å². The molecule has 2 fully saturated rings. The van der Waals surface area contributed by atoms with E-state index in [0.717, 1.165) is 5.56 Å². The van der Waals surface area contributed by atoms with E-state index >= 15 is 0 Å². The highest BCUT2D eigenvalue weighted by Crippen LogP contribution is 2.36. The molecule has 3 aliphatic rings. The Morgan fingerprint density at radius 2 is 1.54 bits per heavy atom. The Morgan fingerprint density at radius 1 is 0.882 bits per heavy atom. The van der Waals surface area contributed by atoms with Crippen molar-refractivity contribution >= 4 is 17.4 Å². The molecular formula is C54H85N5O17. The average molecular weight is 1080 g/mol. The third-order valence-corrected chi connectivity index (χ3v) is 14.9. The highest BCUT2D eigenvalue weighted by atomic mass is 16.7. The van der Waals surface area contributed by atoms with Crippen LogP contribution in [0.5, 0.6) is 0 Å². The van der Waals surface area contributed by atoms with Gasteiger partial charge in [-0.15, -0.1) is 5.10 Å². The van der Waals surface area contributed by atoms with Gasteiger partial charge in [-0.2, -0.15) is 0 Å². The SMILES string of the molecule is CCOC(C[C@H]1C[C@@H](C)C(=O)/C=C/C(C)=C/[C@H](CO[C@@H]2O[C@H](C)[C@@H](O)[C@@H](OC)[C@H]2OC)[C@@H](CC)OC(=O)C[C@@H](O)[C@H](C)[C@H]1O[C@@H]1O[C@H](C)[C@@H](O)[C@H](N(C)CCc2cn(CCc3ccc([N+](=O)[O-])cc3)nn2)[C@H]1O)OCC. The smallest absolute Gasteiger partial charge is 0.308 e. The number of hydrogen-bond donors (Lipinski definition) is 4. The fraction of sp³-hybridized carbons (Fsp3) is 0.741. The molecular weight excluding hydrogens is 991 g/mol. The number of nitrogens with zero attached hydrogens (tertiary/aromatic N) is 5. The third kappa shape index (κ3) is 17.2. The second kappa shape index (κ2) is 30.3. The van der Waals surface area contributed by atoms with E-state index in [2.05, 4.69) is 10.3 Å². The number of likely N-dealkylation sites (N-methyl/N-ethyl adjacent to an activating group) is 1. The van der Waals surface area contributed by atoms with E-state index in [1.54, 1.807) is 50.7 Å². The Balaban J connectivity index is 1.39. The monoisotopic (exact) mass is 1080 g/mol. The molecule has 22 heteroatoms. The van der Waals surface area contributed by atoms with Crippen molar-refractivity contribution in [2.24, 2.45) is 23.7 Å². The lowest BCUT2D eigenvalue weighted by Crippen LogP contribution is -2.64. The fourth-order valence-corrected chi connectivity index (χ4v) is 10.4. The Morgan fingerprint density at radius 3 is 2.17 bits per heavy atom. The molecule has 0 unspecified atom stereocenters. The number of aliphatic hydroxyl groups excluding tert-OH is 4. The lowest BCUT2D eigenvalue weighted by molar-refractivity contribution is -0.384. The number of non-ortho nitro benzene ring substituents is 1. The molecule has 0 amide bonds. The molecule has 2 saturated heterocycles. The minimum atomic E-state index is -1.42. The van der Waals surface area contributed by atoms with Crippen molar-refractivity contribution in [3.8, 4) is 0 Å². The van der Waals surface area contributed by atoms with Crippen LogP contribution in [0.4, 0.5) is 5.69 Å². The first-order chi connectivity index (χ1) is 36.2. The molecule has 4 N–H and O–H groups in total. The van der Waals surface area contributed by atoms with Gasteiger partial charge in [-0.3, -0.25) is 29.3 Å². The number of aromatic nitrogens is 3. The fourth-order valence-electron chi connectivity index (χ4n) is 10.4. The number of esters is 1. The molecule has 0 aliphatic carbocycles. The Bertz CT molecular complexity index is 2160. The van der Waals surface area contributed by atoms with Gasteiger partial charge in [0, 0.05) is 89.4 Å². The van der Waals surface area contributed by atoms with Gasteiger partial charge in [0.05, 0.1) is 60.2 Å². The van der Waals surface area contributed by atoms with Crippen molar-refractivity contribution in [2.45, 2.75) is 186 Å². The molecule has 1 aromatic carbocycles. The molecule has 3 aliphatic heterocycles. The number of aliphatic hydroxyl groups is 4. The number of carbonyl (C=O) groups is 2. The van der Waals surface area contributed by atoms with Crippen LogP contribution in [0.1, 0.15) is 92.3 Å². The summed E-state index contributed by atoms with van der Waals surface area (Å²) in [5.41, 5.74) is 2.30. The minimum Gasteiger partial charge on any atom is -0.462 e. The quantitative estimate of drug-likeness (QED) is 0.0559. The Hall–Kier alpha value is -4.14. The van der Waals surface area contributed by atoms with Gasteiger partial charge in [0.15, 0.2) is 24.7 Å². The van der Waals surface area contributed by atoms with Gasteiger partial charge in [0.1, 0.15) is 30.5 Å². The molecule has 0 radical (unpaired) electrons. The van der Waals surface area contributed by atoms with Gasteiger partial charge in [-0.05, 0) is 78.5 Å². The molecule has 0 spiro atoms. The first-order valence-corrected chi connectivity index (χ1v) is 26.7. The second-order valence-corrected chi connectivity index (χ2v) is 20.4. The summed E-state index contributed by atoms with van der Waals surface area (Å²) in [7, 11) is 4.71. The molecule has 428 valence electrons. The normalized spacial score (nSPS) is 34.5. The van der Waals surface area contributed by atoms with Crippen LogP contribution in [0.3, 0.4) is 0 Å². The zero-order valence-corrected chi connectivity index (χ0v) is 46.1. The van der Waals surface area contributed by atoms with Crippen LogP contribution in [-0.2, 0) is 71.6 Å². The summed E-state index contributed by atoms with van der Waals surface area (Å²) in [5.74, 6) is -3.43. The molecule has 0 saturated carbocycles. The number of ketones is 1. The van der Waals surface area contributed by atoms with E-state index in [1.165, 1.54) is 32.4 Å². The van der Waals surface area contributed by atoms with E-state index in [9.17, 15) is 40.1 Å². The highest BCUT2D eigenvalue weighted by Gasteiger charge is 2.49. The van der Waals surface area contributed by atoms with Crippen LogP contribution >= 0.6 is 0 Å². The lowest BCUT2D eigenvalue weighted by atomic mass is 9.79. The number of cyclic esters (lactones) is 1. The number of carbonyl (C=O) groups excluding carboxylic acids is 2. The van der Waals surface area contributed by atoms with Gasteiger partial charge in [0.2, 0.25) is 0 Å². The van der Waals surface area contributed by atoms with Crippen LogP contribution < -0.4 is 0 Å². The molecule has 5 rings (SSSR count). The first-order valence-electron chi connectivity index (χ1n) is 26.7. The van der Waals surface area contributed by atoms with Crippen LogP contribution in [0, 0.1) is 33.8 Å². The van der Waals surface area contributed by atoms with Gasteiger partial charge >= 0.3 is 5.97 Å². The number of aryl methyl sites for hydroxylation is 2. The highest BCUT2D eigenvalue weighted by molar-refractivity contribution is 5.91. The van der Waals surface area contributed by atoms with Crippen molar-refractivity contribution in [2.75, 3.05) is 47.6 Å². The van der Waals surface area contributed by atoms with E-state index < -0.39 is 127 Å². The lowest BCUT2D eigenvalue weighted by Gasteiger charge is -2.47. The van der Waals surface area contributed by atoms with E-state index in [4.69, 9.17) is 42.6 Å². The largest absolute Gasteiger partial charge is 0.462 e. The number of rotatable bonds is 22. The third-order valence-electron chi connectivity index (χ3n) is 14.9. The molecule has 4 heterocycles. The number of allylic oxidation sites excluding steroid dienone is 3. The van der Waals surface area contributed by atoms with Crippen LogP contribution in [0.15, 0.2) is 54.3 Å². The van der Waals surface area contributed by atoms with Gasteiger partial charge in [-0.1, -0.05) is 55.8 Å². The van der Waals surface area contributed by atoms with Crippen molar-refractivity contribution < 1.29 is 77.6 Å². The summed E-state index contributed by atoms with van der Waals surface area (Å²) >= 11 is 0. The average Bonchev–Trinajstić information content (AvgIpc) is 3.86. The van der Waals surface area contributed by atoms with E-state index in [1.807, 2.05) is 51.8 Å². The zero-order chi connectivity index (χ0) is 55.8. The molecule has 1 aromatic heterocycles. The maximum absolute atomic E-state index is 14.1. The second-order valence-electron chi connectivity index (χ2n) is 20.4. The van der Waals surface area contributed by atoms with Crippen LogP contribution in [0.2, 0.25) is 0 Å². The minimum absolute atomic E-state index is 0.00905. The number of hydrogen-bond acceptors (Lipinski definition) is 20. The molecule has 0 bridgehead atoms. The number of methoxy groups -OCH3 is 2. The summed E-state index contributed by atoms with van der Waals surface area (Å²) in [6.45, 7) is 15.8. The number of nitro benzene ring substituents is 1. The summed E-state index contributed by atoms with van der Waals surface area (Å²) in [5, 5.41) is 66.3. The predicted octanol–water partition coefficient (Wildman–Crippen LogP) is 4.12. The van der Waals surface area contributed by atoms with Crippen molar-refractivity contribution in [1.29, 1.82) is 0 Å². The van der Waals surface area contributed by atoms with Crippen LogP contribution in [-0.4, -0.2) is 191 Å². The molecule has 17 atom stereocenters. The Kier molecular flexibility index (Phi) is 25.0. The standard InChI is InChI=1S/C54H85N5O17/c1-12-43-38(30-72-54-52(69-11)51(68-10)48(64)35(8)74-54)25-31(4)15-20-41(60)32(5)26-37(27-45(70-13-2)71-14-3)50(33(6)42(61)28-44(62)75-43)76-53-49(65)46(47(63)34(7)73-53)57(9)23-22-39-29-58(56-55-39)24-21-36-16-18-40(19-17-36)59(66)67/h15-20,25,29,32-35,37-38,42-43,45-54,61,63-65H,12-14,21-24,26-28,30H2,1-11H3/b20-15+,31-25+/t32-,33+,34-,35-,37-,38-,42-,43-,46+,47-,48-,49-,50-,51-,52-,53+,54-/m1/s1. The van der Waals surface area contributed by atoms with E-state index in [-0.39, 0.29) is 30.9 Å². The topological polar surface area (TPSA) is 275 Å². The zero-order valence-electron chi connectivity index (χ0n) is 46.1. The van der Waals surface area contributed by atoms with E-state index in [0.29, 0.717) is 56.8 Å². The summed E-state index contributed by atoms with van der Waals surface area (Å²) < 4.78 is 56.6. The summed E-state index contributed by atoms with van der Waals surface area (Å²) in [6.07, 6.45) is -4.39. The van der Waals surface area contributed by atoms with Gasteiger partial charge in [0.25, 0.3) is 5.69 Å². The number of benzene rings is 1. The first kappa shape index (κ1) is 62.7. The van der Waals surface area contributed by atoms with Crippen molar-refractivity contribution in [1.82, 2.24) is 19.9 Å². The number of nitro groups is 1. The summed E-state index contributed by atoms with van der Waals surface area (Å²) in [4.78, 5) is 40.6.